The van der Waals surface area contributed by atoms with Crippen molar-refractivity contribution in [3.05, 3.63) is 47.5 Å². The molecule has 1 aromatic rings. The highest BCUT2D eigenvalue weighted by molar-refractivity contribution is 5.69. The van der Waals surface area contributed by atoms with Crippen molar-refractivity contribution in [2.24, 2.45) is 0 Å². The molecule has 0 saturated carbocycles. The molecule has 0 aliphatic heterocycles. The molecule has 0 saturated heterocycles. The van der Waals surface area contributed by atoms with Crippen molar-refractivity contribution < 1.29 is 24.9 Å². The van der Waals surface area contributed by atoms with Crippen LogP contribution in [0.3, 0.4) is 0 Å². The fraction of sp³-hybridized carbons (Fsp3) is 0.542. The summed E-state index contributed by atoms with van der Waals surface area (Å²) >= 11 is 0. The van der Waals surface area contributed by atoms with Crippen molar-refractivity contribution >= 4 is 18.1 Å². The fourth-order valence-electron chi connectivity index (χ4n) is 2.92. The molecule has 5 nitrogen and oxygen atoms in total. The fourth-order valence-corrected chi connectivity index (χ4v) is 2.92. The molecule has 0 heterocycles. The van der Waals surface area contributed by atoms with Crippen LogP contribution in [0.1, 0.15) is 69.9 Å². The topological polar surface area (TPSA) is 87.0 Å². The molecule has 1 rings (SSSR count). The largest absolute Gasteiger partial charge is 0.466 e. The van der Waals surface area contributed by atoms with Gasteiger partial charge in [-0.2, -0.15) is 0 Å². The molecule has 1 aromatic carbocycles. The maximum absolute atomic E-state index is 11.3. The zero-order valence-electron chi connectivity index (χ0n) is 17.7. The molecule has 0 fully saturated rings. The minimum atomic E-state index is -1.02. The van der Waals surface area contributed by atoms with E-state index in [2.05, 4.69) is 6.92 Å². The van der Waals surface area contributed by atoms with Crippen LogP contribution in [0.4, 0.5) is 0 Å². The highest BCUT2D eigenvalue weighted by atomic mass is 16.5. The number of unbranched alkanes of at least 4 members (excludes halogenated alkanes) is 2. The third-order valence-electron chi connectivity index (χ3n) is 4.65. The van der Waals surface area contributed by atoms with Gasteiger partial charge in [-0.15, -0.1) is 0 Å². The van der Waals surface area contributed by atoms with E-state index < -0.39 is 18.3 Å². The Labute approximate surface area is 174 Å². The highest BCUT2D eigenvalue weighted by Crippen LogP contribution is 2.16. The standard InChI is InChI=1S/C24H36O5/c1-3-5-6-12-21(25)17-15-19-10-7-8-11-20(19)16-18-23(27)22(26)13-9-14-24(28)29-4-2/h7-8,10-11,15-18,21-23,25-27H,3-6,9,12-14H2,1-2H3/b17-15+,18-16+/t21?,22-,23-/m0/s1. The zero-order valence-corrected chi connectivity index (χ0v) is 17.7. The number of ether oxygens (including phenoxy) is 1. The van der Waals surface area contributed by atoms with E-state index in [1.807, 2.05) is 30.3 Å². The Hall–Kier alpha value is -1.95. The second-order valence-corrected chi connectivity index (χ2v) is 7.17. The minimum Gasteiger partial charge on any atom is -0.466 e. The zero-order chi connectivity index (χ0) is 21.5. The Balaban J connectivity index is 2.59. The molecule has 0 aromatic heterocycles. The monoisotopic (exact) mass is 404 g/mol. The molecule has 5 heteroatoms. The van der Waals surface area contributed by atoms with Gasteiger partial charge in [0.2, 0.25) is 0 Å². The summed E-state index contributed by atoms with van der Waals surface area (Å²) in [6, 6.07) is 7.68. The smallest absolute Gasteiger partial charge is 0.305 e. The van der Waals surface area contributed by atoms with Gasteiger partial charge in [0.25, 0.3) is 0 Å². The summed E-state index contributed by atoms with van der Waals surface area (Å²) in [5.41, 5.74) is 1.82. The summed E-state index contributed by atoms with van der Waals surface area (Å²) in [6.07, 6.45) is 9.58. The van der Waals surface area contributed by atoms with Crippen LogP contribution in [0, 0.1) is 0 Å². The molecule has 162 valence electrons. The van der Waals surface area contributed by atoms with Crippen LogP contribution in [0.25, 0.3) is 12.2 Å². The van der Waals surface area contributed by atoms with E-state index >= 15 is 0 Å². The summed E-state index contributed by atoms with van der Waals surface area (Å²) in [5, 5.41) is 30.3. The second-order valence-electron chi connectivity index (χ2n) is 7.17. The number of aliphatic hydroxyl groups excluding tert-OH is 3. The van der Waals surface area contributed by atoms with Crippen molar-refractivity contribution in [2.45, 2.75) is 77.1 Å². The number of carbonyl (C=O) groups is 1. The lowest BCUT2D eigenvalue weighted by atomic mass is 10.0. The third kappa shape index (κ3) is 11.0. The molecule has 0 aliphatic carbocycles. The van der Waals surface area contributed by atoms with Crippen LogP contribution in [-0.4, -0.2) is 46.2 Å². The molecule has 1 unspecified atom stereocenters. The normalized spacial score (nSPS) is 14.9. The summed E-state index contributed by atoms with van der Waals surface area (Å²) in [7, 11) is 0. The second kappa shape index (κ2) is 15.0. The Morgan fingerprint density at radius 2 is 1.62 bits per heavy atom. The van der Waals surface area contributed by atoms with E-state index in [9.17, 15) is 20.1 Å². The quantitative estimate of drug-likeness (QED) is 0.321. The molecule has 0 spiro atoms. The first-order valence-electron chi connectivity index (χ1n) is 10.6. The van der Waals surface area contributed by atoms with Gasteiger partial charge in [0, 0.05) is 6.42 Å². The van der Waals surface area contributed by atoms with Crippen molar-refractivity contribution in [3.8, 4) is 0 Å². The molecule has 0 radical (unpaired) electrons. The van der Waals surface area contributed by atoms with E-state index in [0.717, 1.165) is 36.8 Å². The predicted molar refractivity (Wildman–Crippen MR) is 117 cm³/mol. The van der Waals surface area contributed by atoms with Crippen LogP contribution in [0.5, 0.6) is 0 Å². The van der Waals surface area contributed by atoms with Crippen LogP contribution < -0.4 is 0 Å². The Kier molecular flexibility index (Phi) is 12.9. The van der Waals surface area contributed by atoms with E-state index in [4.69, 9.17) is 4.74 Å². The van der Waals surface area contributed by atoms with Crippen molar-refractivity contribution in [1.29, 1.82) is 0 Å². The van der Waals surface area contributed by atoms with Gasteiger partial charge in [0.1, 0.15) is 0 Å². The molecule has 29 heavy (non-hydrogen) atoms. The highest BCUT2D eigenvalue weighted by Gasteiger charge is 2.14. The van der Waals surface area contributed by atoms with Crippen molar-refractivity contribution in [1.82, 2.24) is 0 Å². The van der Waals surface area contributed by atoms with Crippen LogP contribution in [0.15, 0.2) is 36.4 Å². The van der Waals surface area contributed by atoms with Gasteiger partial charge < -0.3 is 20.1 Å². The predicted octanol–water partition coefficient (Wildman–Crippen LogP) is 4.11. The van der Waals surface area contributed by atoms with Crippen LogP contribution in [-0.2, 0) is 9.53 Å². The summed E-state index contributed by atoms with van der Waals surface area (Å²) < 4.78 is 4.85. The molecular formula is C24H36O5. The summed E-state index contributed by atoms with van der Waals surface area (Å²) in [4.78, 5) is 11.3. The Morgan fingerprint density at radius 1 is 0.966 bits per heavy atom. The maximum Gasteiger partial charge on any atom is 0.305 e. The van der Waals surface area contributed by atoms with Crippen molar-refractivity contribution in [3.63, 3.8) is 0 Å². The molecule has 0 bridgehead atoms. The van der Waals surface area contributed by atoms with Gasteiger partial charge in [0.15, 0.2) is 0 Å². The Morgan fingerprint density at radius 3 is 2.24 bits per heavy atom. The number of hydrogen-bond acceptors (Lipinski definition) is 5. The first-order valence-corrected chi connectivity index (χ1v) is 10.6. The summed E-state index contributed by atoms with van der Waals surface area (Å²) in [6.45, 7) is 4.23. The van der Waals surface area contributed by atoms with Gasteiger partial charge in [-0.3, -0.25) is 4.79 Å². The first kappa shape index (κ1) is 25.1. The van der Waals surface area contributed by atoms with Gasteiger partial charge in [-0.1, -0.05) is 74.8 Å². The van der Waals surface area contributed by atoms with Gasteiger partial charge in [0.05, 0.1) is 24.9 Å². The SMILES string of the molecule is CCCCCC(O)/C=C/c1ccccc1/C=C/[C@H](O)[C@@H](O)CCCC(=O)OCC. The van der Waals surface area contributed by atoms with E-state index in [-0.39, 0.29) is 12.4 Å². The Bertz CT molecular complexity index is 638. The number of benzene rings is 1. The minimum absolute atomic E-state index is 0.232. The lowest BCUT2D eigenvalue weighted by molar-refractivity contribution is -0.143. The molecular weight excluding hydrogens is 368 g/mol. The van der Waals surface area contributed by atoms with Crippen LogP contribution >= 0.6 is 0 Å². The van der Waals surface area contributed by atoms with Gasteiger partial charge in [-0.05, 0) is 37.3 Å². The lowest BCUT2D eigenvalue weighted by Crippen LogP contribution is -2.23. The molecule has 3 N–H and O–H groups in total. The number of rotatable bonds is 14. The molecule has 0 amide bonds. The first-order chi connectivity index (χ1) is 14.0. The van der Waals surface area contributed by atoms with E-state index in [1.54, 1.807) is 25.2 Å². The van der Waals surface area contributed by atoms with Gasteiger partial charge in [-0.25, -0.2) is 0 Å². The van der Waals surface area contributed by atoms with E-state index in [0.29, 0.717) is 19.4 Å². The average molecular weight is 405 g/mol. The number of hydrogen-bond donors (Lipinski definition) is 3. The number of carbonyl (C=O) groups excluding carboxylic acids is 1. The summed E-state index contributed by atoms with van der Waals surface area (Å²) in [5.74, 6) is -0.290. The van der Waals surface area contributed by atoms with Crippen molar-refractivity contribution in [2.75, 3.05) is 6.61 Å². The van der Waals surface area contributed by atoms with Gasteiger partial charge >= 0.3 is 5.97 Å². The average Bonchev–Trinajstić information content (AvgIpc) is 2.71. The number of esters is 1. The van der Waals surface area contributed by atoms with Crippen LogP contribution in [0.2, 0.25) is 0 Å². The maximum atomic E-state index is 11.3. The molecule has 0 aliphatic rings. The van der Waals surface area contributed by atoms with E-state index in [1.165, 1.54) is 0 Å². The third-order valence-corrected chi connectivity index (χ3v) is 4.65. The lowest BCUT2D eigenvalue weighted by Gasteiger charge is -2.14. The molecule has 3 atom stereocenters. The number of aliphatic hydroxyl groups is 3.